The van der Waals surface area contributed by atoms with Crippen LogP contribution in [0.1, 0.15) is 219 Å². The average molecular weight is 895 g/mol. The number of allylic oxidation sites excluding steroid dienone is 8. The second-order valence-electron chi connectivity index (χ2n) is 18.2. The van der Waals surface area contributed by atoms with Gasteiger partial charge in [0.05, 0.1) is 27.7 Å². The van der Waals surface area contributed by atoms with Crippen LogP contribution in [-0.2, 0) is 32.7 Å². The Morgan fingerprint density at radius 1 is 0.500 bits per heavy atom. The Labute approximate surface area is 382 Å². The molecule has 0 amide bonds. The lowest BCUT2D eigenvalue weighted by Crippen LogP contribution is -2.37. The van der Waals surface area contributed by atoms with Crippen molar-refractivity contribution in [2.45, 2.75) is 225 Å². The molecule has 0 bridgehead atoms. The number of likely N-dealkylation sites (N-methyl/N-ethyl adjacent to an activating group) is 1. The fraction of sp³-hybridized carbons (Fsp3) is 0.808. The number of carbonyl (C=O) groups is 2. The fourth-order valence-corrected chi connectivity index (χ4v) is 7.63. The van der Waals surface area contributed by atoms with Crippen molar-refractivity contribution in [1.29, 1.82) is 0 Å². The Hall–Kier alpha value is -2.03. The predicted octanol–water partition coefficient (Wildman–Crippen LogP) is 15.0. The van der Waals surface area contributed by atoms with Crippen molar-refractivity contribution < 1.29 is 42.1 Å². The number of hydrogen-bond donors (Lipinski definition) is 1. The smallest absolute Gasteiger partial charge is 0.462 e. The van der Waals surface area contributed by atoms with E-state index in [2.05, 4.69) is 62.5 Å². The van der Waals surface area contributed by atoms with E-state index in [0.29, 0.717) is 23.9 Å². The summed E-state index contributed by atoms with van der Waals surface area (Å²) in [6, 6.07) is 0. The van der Waals surface area contributed by atoms with E-state index in [9.17, 15) is 19.0 Å². The monoisotopic (exact) mass is 895 g/mol. The van der Waals surface area contributed by atoms with E-state index < -0.39 is 32.5 Å². The second kappa shape index (κ2) is 44.2. The topological polar surface area (TPSA) is 108 Å². The van der Waals surface area contributed by atoms with E-state index in [4.69, 9.17) is 18.5 Å². The van der Waals surface area contributed by atoms with Gasteiger partial charge in [0.2, 0.25) is 0 Å². The van der Waals surface area contributed by atoms with Crippen LogP contribution < -0.4 is 0 Å². The molecule has 0 spiro atoms. The predicted molar refractivity (Wildman–Crippen MR) is 261 cm³/mol. The van der Waals surface area contributed by atoms with Crippen molar-refractivity contribution in [3.63, 3.8) is 0 Å². The van der Waals surface area contributed by atoms with Gasteiger partial charge in [-0.2, -0.15) is 0 Å². The Morgan fingerprint density at radius 2 is 0.887 bits per heavy atom. The van der Waals surface area contributed by atoms with Crippen LogP contribution in [0.4, 0.5) is 0 Å². The Bertz CT molecular complexity index is 1190. The maximum atomic E-state index is 12.7. The fourth-order valence-electron chi connectivity index (χ4n) is 6.89. The summed E-state index contributed by atoms with van der Waals surface area (Å²) in [6.07, 6.45) is 53.1. The molecule has 2 atom stereocenters. The van der Waals surface area contributed by atoms with Gasteiger partial charge in [-0.15, -0.1) is 0 Å². The van der Waals surface area contributed by atoms with Crippen molar-refractivity contribution in [2.24, 2.45) is 0 Å². The van der Waals surface area contributed by atoms with Gasteiger partial charge >= 0.3 is 19.8 Å². The van der Waals surface area contributed by atoms with Gasteiger partial charge in [0.15, 0.2) is 6.10 Å². The first kappa shape index (κ1) is 60.0. The lowest BCUT2D eigenvalue weighted by atomic mass is 10.0. The number of unbranched alkanes of at least 4 members (excludes halogenated alkanes) is 24. The van der Waals surface area contributed by atoms with Gasteiger partial charge in [0, 0.05) is 12.8 Å². The van der Waals surface area contributed by atoms with E-state index in [1.54, 1.807) is 0 Å². The number of esters is 2. The largest absolute Gasteiger partial charge is 0.472 e. The van der Waals surface area contributed by atoms with Crippen LogP contribution in [0.3, 0.4) is 0 Å². The molecule has 0 aromatic carbocycles. The Morgan fingerprint density at radius 3 is 1.34 bits per heavy atom. The number of phosphoric ester groups is 1. The molecule has 10 heteroatoms. The molecule has 362 valence electrons. The summed E-state index contributed by atoms with van der Waals surface area (Å²) < 4.78 is 34.4. The molecular formula is C52H97NO8P+. The van der Waals surface area contributed by atoms with Gasteiger partial charge in [0.1, 0.15) is 19.8 Å². The van der Waals surface area contributed by atoms with Crippen LogP contribution in [0, 0.1) is 0 Å². The Balaban J connectivity index is 4.35. The standard InChI is InChI=1S/C52H96NO8P/c1-6-8-10-12-14-16-18-20-22-24-25-26-27-29-30-32-34-36-38-40-42-44-51(54)58-48-50(49-60-62(56,57)59-47-46-53(3,4)5)61-52(55)45-43-41-39-37-35-33-31-28-23-21-19-17-15-13-11-9-7-2/h22,24,26-27,30,32,36,38,50H,6-21,23,25,28-29,31,33-35,37,39-49H2,1-5H3/p+1/b24-22+,27-26+,32-30+,38-36+/t50-/m1/s1. The molecule has 1 unspecified atom stereocenters. The van der Waals surface area contributed by atoms with Crippen LogP contribution in [0.25, 0.3) is 0 Å². The molecule has 9 nitrogen and oxygen atoms in total. The number of hydrogen-bond acceptors (Lipinski definition) is 7. The van der Waals surface area contributed by atoms with Crippen LogP contribution in [0.2, 0.25) is 0 Å². The Kier molecular flexibility index (Phi) is 42.7. The van der Waals surface area contributed by atoms with E-state index in [-0.39, 0.29) is 26.1 Å². The van der Waals surface area contributed by atoms with Crippen molar-refractivity contribution in [2.75, 3.05) is 47.5 Å². The number of nitrogens with zero attached hydrogens (tertiary/aromatic N) is 1. The highest BCUT2D eigenvalue weighted by molar-refractivity contribution is 7.47. The second-order valence-corrected chi connectivity index (χ2v) is 19.7. The minimum absolute atomic E-state index is 0.0234. The van der Waals surface area contributed by atoms with E-state index in [1.165, 1.54) is 141 Å². The van der Waals surface area contributed by atoms with E-state index in [1.807, 2.05) is 21.1 Å². The number of quaternary nitrogens is 1. The summed E-state index contributed by atoms with van der Waals surface area (Å²) in [5.74, 6) is -0.857. The lowest BCUT2D eigenvalue weighted by molar-refractivity contribution is -0.870. The molecule has 0 saturated carbocycles. The highest BCUT2D eigenvalue weighted by Gasteiger charge is 2.27. The first-order valence-corrected chi connectivity index (χ1v) is 26.9. The molecule has 0 radical (unpaired) electrons. The quantitative estimate of drug-likeness (QED) is 0.0212. The number of ether oxygens (including phenoxy) is 2. The van der Waals surface area contributed by atoms with E-state index in [0.717, 1.165) is 38.5 Å². The van der Waals surface area contributed by atoms with Crippen LogP contribution in [-0.4, -0.2) is 74.9 Å². The van der Waals surface area contributed by atoms with Gasteiger partial charge in [-0.3, -0.25) is 18.6 Å². The molecule has 1 N–H and O–H groups in total. The molecule has 0 aliphatic carbocycles. The van der Waals surface area contributed by atoms with Crippen molar-refractivity contribution in [1.82, 2.24) is 0 Å². The SMILES string of the molecule is CCCCCCCCC/C=C/C/C=C/C/C=C/C/C=C/CCCC(=O)OC[C@H](COP(=O)(O)OCC[N+](C)(C)C)OC(=O)CCCCCCCCCCCCCCCCCCC. The first-order valence-electron chi connectivity index (χ1n) is 25.4. The molecule has 0 aromatic heterocycles. The van der Waals surface area contributed by atoms with E-state index >= 15 is 0 Å². The third-order valence-corrected chi connectivity index (χ3v) is 11.8. The summed E-state index contributed by atoms with van der Waals surface area (Å²) in [7, 11) is 1.45. The third kappa shape index (κ3) is 47.4. The summed E-state index contributed by atoms with van der Waals surface area (Å²) >= 11 is 0. The molecule has 62 heavy (non-hydrogen) atoms. The average Bonchev–Trinajstić information content (AvgIpc) is 3.23. The van der Waals surface area contributed by atoms with Crippen LogP contribution >= 0.6 is 7.82 Å². The number of phosphoric acid groups is 1. The van der Waals surface area contributed by atoms with Gasteiger partial charge in [0.25, 0.3) is 0 Å². The summed E-state index contributed by atoms with van der Waals surface area (Å²) in [5.41, 5.74) is 0. The zero-order valence-corrected chi connectivity index (χ0v) is 41.7. The van der Waals surface area contributed by atoms with Gasteiger partial charge in [-0.05, 0) is 51.4 Å². The zero-order chi connectivity index (χ0) is 45.7. The lowest BCUT2D eigenvalue weighted by Gasteiger charge is -2.24. The minimum atomic E-state index is -4.39. The third-order valence-electron chi connectivity index (χ3n) is 10.9. The maximum Gasteiger partial charge on any atom is 0.472 e. The van der Waals surface area contributed by atoms with Crippen molar-refractivity contribution in [3.8, 4) is 0 Å². The van der Waals surface area contributed by atoms with Crippen LogP contribution in [0.5, 0.6) is 0 Å². The highest BCUT2D eigenvalue weighted by Crippen LogP contribution is 2.43. The van der Waals surface area contributed by atoms with Crippen LogP contribution in [0.15, 0.2) is 48.6 Å². The zero-order valence-electron chi connectivity index (χ0n) is 40.9. The summed E-state index contributed by atoms with van der Waals surface area (Å²) in [4.78, 5) is 35.5. The van der Waals surface area contributed by atoms with Gasteiger partial charge in [-0.1, -0.05) is 204 Å². The highest BCUT2D eigenvalue weighted by atomic mass is 31.2. The molecule has 0 aliphatic heterocycles. The molecule has 0 heterocycles. The van der Waals surface area contributed by atoms with Crippen molar-refractivity contribution >= 4 is 19.8 Å². The van der Waals surface area contributed by atoms with Gasteiger partial charge < -0.3 is 18.9 Å². The van der Waals surface area contributed by atoms with Crippen molar-refractivity contribution in [3.05, 3.63) is 48.6 Å². The summed E-state index contributed by atoms with van der Waals surface area (Å²) in [5, 5.41) is 0. The molecule has 0 aliphatic rings. The molecule has 0 saturated heterocycles. The molecule has 0 fully saturated rings. The minimum Gasteiger partial charge on any atom is -0.462 e. The number of rotatable bonds is 46. The number of carbonyl (C=O) groups excluding carboxylic acids is 2. The maximum absolute atomic E-state index is 12.7. The molecular weight excluding hydrogens is 798 g/mol. The summed E-state index contributed by atoms with van der Waals surface area (Å²) in [6.45, 7) is 4.38. The molecule has 0 rings (SSSR count). The molecule has 0 aromatic rings. The normalized spacial score (nSPS) is 13.8. The van der Waals surface area contributed by atoms with Gasteiger partial charge in [-0.25, -0.2) is 4.57 Å². The first-order chi connectivity index (χ1) is 30.0.